The van der Waals surface area contributed by atoms with Gasteiger partial charge in [0.15, 0.2) is 11.0 Å². The molecule has 3 aromatic rings. The third-order valence-corrected chi connectivity index (χ3v) is 6.68. The normalized spacial score (nSPS) is 14.2. The Morgan fingerprint density at radius 1 is 1.12 bits per heavy atom. The first kappa shape index (κ1) is 22.1. The van der Waals surface area contributed by atoms with Gasteiger partial charge < -0.3 is 10.6 Å². The fourth-order valence-corrected chi connectivity index (χ4v) is 4.66. The number of rotatable bonds is 6. The quantitative estimate of drug-likeness (QED) is 0.421. The molecule has 0 spiro atoms. The summed E-state index contributed by atoms with van der Waals surface area (Å²) >= 11 is 7.60. The summed E-state index contributed by atoms with van der Waals surface area (Å²) in [4.78, 5) is 23.1. The minimum atomic E-state index is -0.270. The highest BCUT2D eigenvalue weighted by Crippen LogP contribution is 2.34. The number of hydrogen-bond acceptors (Lipinski definition) is 6. The molecule has 1 aliphatic heterocycles. The van der Waals surface area contributed by atoms with Crippen LogP contribution in [0.3, 0.4) is 0 Å². The molecule has 1 aliphatic rings. The summed E-state index contributed by atoms with van der Waals surface area (Å²) in [5, 5.41) is 11.2. The molecule has 0 radical (unpaired) electrons. The number of anilines is 1. The molecule has 8 heteroatoms. The molecule has 0 bridgehead atoms. The topological polar surface area (TPSA) is 95.9 Å². The summed E-state index contributed by atoms with van der Waals surface area (Å²) in [6.45, 7) is 1.23. The second-order valence-corrected chi connectivity index (χ2v) is 8.99. The summed E-state index contributed by atoms with van der Waals surface area (Å²) in [7, 11) is 0. The van der Waals surface area contributed by atoms with Crippen LogP contribution in [0.25, 0.3) is 11.3 Å². The molecule has 32 heavy (non-hydrogen) atoms. The lowest BCUT2D eigenvalue weighted by molar-refractivity contribution is -0.122. The summed E-state index contributed by atoms with van der Waals surface area (Å²) in [6, 6.07) is 19.7. The molecule has 0 aliphatic carbocycles. The molecule has 4 rings (SSSR count). The van der Waals surface area contributed by atoms with E-state index in [1.165, 1.54) is 17.3 Å². The van der Waals surface area contributed by atoms with Crippen LogP contribution >= 0.6 is 23.4 Å². The maximum Gasteiger partial charge on any atom is 0.220 e. The van der Waals surface area contributed by atoms with Crippen LogP contribution in [-0.4, -0.2) is 29.0 Å². The van der Waals surface area contributed by atoms with E-state index in [-0.39, 0.29) is 11.8 Å². The van der Waals surface area contributed by atoms with Crippen LogP contribution < -0.4 is 10.6 Å². The van der Waals surface area contributed by atoms with Crippen LogP contribution in [0.1, 0.15) is 24.0 Å². The summed E-state index contributed by atoms with van der Waals surface area (Å²) in [6.07, 6.45) is 1.29. The smallest absolute Gasteiger partial charge is 0.220 e. The van der Waals surface area contributed by atoms with Crippen LogP contribution in [0.4, 0.5) is 5.82 Å². The van der Waals surface area contributed by atoms with Crippen molar-refractivity contribution in [3.05, 3.63) is 70.7 Å². The predicted octanol–water partition coefficient (Wildman–Crippen LogP) is 4.66. The van der Waals surface area contributed by atoms with Crippen LogP contribution in [0.2, 0.25) is 5.02 Å². The second-order valence-electron chi connectivity index (χ2n) is 7.61. The van der Waals surface area contributed by atoms with E-state index in [4.69, 9.17) is 27.3 Å². The number of nitrogens with two attached hydrogens (primary N) is 1. The number of nitriles is 1. The van der Waals surface area contributed by atoms with Gasteiger partial charge in [-0.1, -0.05) is 65.8 Å². The van der Waals surface area contributed by atoms with Gasteiger partial charge >= 0.3 is 0 Å². The van der Waals surface area contributed by atoms with Crippen molar-refractivity contribution >= 4 is 35.1 Å². The predicted molar refractivity (Wildman–Crippen MR) is 127 cm³/mol. The maximum absolute atomic E-state index is 11.6. The molecule has 1 fully saturated rings. The Balaban J connectivity index is 1.71. The third-order valence-electron chi connectivity index (χ3n) is 5.51. The van der Waals surface area contributed by atoms with Crippen LogP contribution in [0.5, 0.6) is 0 Å². The van der Waals surface area contributed by atoms with Gasteiger partial charge in [-0.3, -0.25) is 4.79 Å². The van der Waals surface area contributed by atoms with Crippen LogP contribution in [-0.2, 0) is 10.5 Å². The van der Waals surface area contributed by atoms with Gasteiger partial charge in [0, 0.05) is 35.3 Å². The molecular weight excluding hydrogens is 442 g/mol. The number of amides is 1. The standard InChI is InChI=1S/C24H22ClN5OS/c25-19-8-6-17(7-9-19)21-20(14-26)23(30-12-10-18(11-13-30)22(27)31)29-24(28-21)32-15-16-4-2-1-3-5-16/h1-9,18H,10-13,15H2,(H2,27,31). The monoisotopic (exact) mass is 463 g/mol. The van der Waals surface area contributed by atoms with Gasteiger partial charge in [0.1, 0.15) is 11.6 Å². The average Bonchev–Trinajstić information content (AvgIpc) is 2.83. The SMILES string of the molecule is N#Cc1c(-c2ccc(Cl)cc2)nc(SCc2ccccc2)nc1N1CCC(C(N)=O)CC1. The Labute approximate surface area is 196 Å². The van der Waals surface area contributed by atoms with Crippen molar-refractivity contribution < 1.29 is 4.79 Å². The van der Waals surface area contributed by atoms with Gasteiger partial charge in [-0.05, 0) is 30.5 Å². The molecule has 1 aromatic heterocycles. The summed E-state index contributed by atoms with van der Waals surface area (Å²) < 4.78 is 0. The van der Waals surface area contributed by atoms with E-state index in [1.807, 2.05) is 30.3 Å². The third kappa shape index (κ3) is 5.04. The first-order chi connectivity index (χ1) is 15.5. The molecule has 6 nitrogen and oxygen atoms in total. The van der Waals surface area contributed by atoms with Crippen molar-refractivity contribution in [3.63, 3.8) is 0 Å². The Morgan fingerprint density at radius 3 is 2.44 bits per heavy atom. The number of benzene rings is 2. The molecular formula is C24H22ClN5OS. The Bertz CT molecular complexity index is 1140. The second kappa shape index (κ2) is 10.0. The van der Waals surface area contributed by atoms with E-state index in [9.17, 15) is 10.1 Å². The van der Waals surface area contributed by atoms with Crippen molar-refractivity contribution in [3.8, 4) is 17.3 Å². The molecule has 1 saturated heterocycles. The minimum absolute atomic E-state index is 0.138. The van der Waals surface area contributed by atoms with Crippen LogP contribution in [0, 0.1) is 17.2 Å². The summed E-state index contributed by atoms with van der Waals surface area (Å²) in [5.41, 5.74) is 8.48. The number of carbonyl (C=O) groups is 1. The van der Waals surface area contributed by atoms with E-state index in [0.717, 1.165) is 11.3 Å². The number of thioether (sulfide) groups is 1. The molecule has 162 valence electrons. The lowest BCUT2D eigenvalue weighted by atomic mass is 9.96. The molecule has 2 aromatic carbocycles. The zero-order valence-electron chi connectivity index (χ0n) is 17.4. The van der Waals surface area contributed by atoms with Gasteiger partial charge in [0.05, 0.1) is 5.69 Å². The van der Waals surface area contributed by atoms with Crippen molar-refractivity contribution in [2.45, 2.75) is 23.8 Å². The molecule has 1 amide bonds. The van der Waals surface area contributed by atoms with Crippen molar-refractivity contribution in [1.82, 2.24) is 9.97 Å². The van der Waals surface area contributed by atoms with Gasteiger partial charge in [0.25, 0.3) is 0 Å². The number of aromatic nitrogens is 2. The average molecular weight is 464 g/mol. The van der Waals surface area contributed by atoms with Crippen LogP contribution in [0.15, 0.2) is 59.8 Å². The van der Waals surface area contributed by atoms with Gasteiger partial charge in [-0.25, -0.2) is 9.97 Å². The number of halogens is 1. The van der Waals surface area contributed by atoms with Gasteiger partial charge in [-0.2, -0.15) is 5.26 Å². The first-order valence-electron chi connectivity index (χ1n) is 10.3. The number of carbonyl (C=O) groups excluding carboxylic acids is 1. The number of hydrogen-bond donors (Lipinski definition) is 1. The van der Waals surface area contributed by atoms with Crippen molar-refractivity contribution in [1.29, 1.82) is 5.26 Å². The highest BCUT2D eigenvalue weighted by atomic mass is 35.5. The summed E-state index contributed by atoms with van der Waals surface area (Å²) in [5.74, 6) is 0.914. The largest absolute Gasteiger partial charge is 0.369 e. The molecule has 2 N–H and O–H groups in total. The van der Waals surface area contributed by atoms with Gasteiger partial charge in [-0.15, -0.1) is 0 Å². The molecule has 0 atom stereocenters. The maximum atomic E-state index is 11.6. The highest BCUT2D eigenvalue weighted by molar-refractivity contribution is 7.98. The van der Waals surface area contributed by atoms with E-state index < -0.39 is 0 Å². The molecule has 2 heterocycles. The van der Waals surface area contributed by atoms with Crippen molar-refractivity contribution in [2.24, 2.45) is 11.7 Å². The zero-order valence-corrected chi connectivity index (χ0v) is 18.9. The molecule has 0 saturated carbocycles. The Hall–Kier alpha value is -3.08. The first-order valence-corrected chi connectivity index (χ1v) is 11.7. The minimum Gasteiger partial charge on any atom is -0.369 e. The highest BCUT2D eigenvalue weighted by Gasteiger charge is 2.27. The fraction of sp³-hybridized carbons (Fsp3) is 0.250. The Kier molecular flexibility index (Phi) is 6.93. The van der Waals surface area contributed by atoms with E-state index in [1.54, 1.807) is 12.1 Å². The lowest BCUT2D eigenvalue weighted by Crippen LogP contribution is -2.39. The number of nitrogens with zero attached hydrogens (tertiary/aromatic N) is 4. The van der Waals surface area contributed by atoms with E-state index in [2.05, 4.69) is 23.1 Å². The molecule has 0 unspecified atom stereocenters. The lowest BCUT2D eigenvalue weighted by Gasteiger charge is -2.32. The fourth-order valence-electron chi connectivity index (χ4n) is 3.74. The zero-order chi connectivity index (χ0) is 22.5. The van der Waals surface area contributed by atoms with E-state index in [0.29, 0.717) is 53.2 Å². The van der Waals surface area contributed by atoms with E-state index >= 15 is 0 Å². The van der Waals surface area contributed by atoms with Crippen molar-refractivity contribution in [2.75, 3.05) is 18.0 Å². The Morgan fingerprint density at radius 2 is 1.81 bits per heavy atom. The number of primary amides is 1. The number of piperidine rings is 1. The van der Waals surface area contributed by atoms with Gasteiger partial charge in [0.2, 0.25) is 5.91 Å².